The van der Waals surface area contributed by atoms with Crippen LogP contribution in [0.15, 0.2) is 43.0 Å². The number of para-hydroxylation sites is 2. The van der Waals surface area contributed by atoms with E-state index in [2.05, 4.69) is 25.2 Å². The maximum Gasteiger partial charge on any atom is 0.201 e. The lowest BCUT2D eigenvalue weighted by Gasteiger charge is -2.06. The van der Waals surface area contributed by atoms with Gasteiger partial charge in [-0.15, -0.1) is 0 Å². The van der Waals surface area contributed by atoms with Gasteiger partial charge in [-0.25, -0.2) is 9.97 Å². The van der Waals surface area contributed by atoms with E-state index in [9.17, 15) is 0 Å². The number of aryl methyl sites for hydroxylation is 2. The Balaban J connectivity index is 1.63. The summed E-state index contributed by atoms with van der Waals surface area (Å²) in [5.41, 5.74) is 8.05. The van der Waals surface area contributed by atoms with Crippen molar-refractivity contribution in [3.63, 3.8) is 0 Å². The van der Waals surface area contributed by atoms with Crippen LogP contribution in [0.5, 0.6) is 0 Å². The van der Waals surface area contributed by atoms with Crippen LogP contribution in [0, 0.1) is 0 Å². The van der Waals surface area contributed by atoms with Crippen LogP contribution < -0.4 is 5.73 Å². The average molecular weight is 255 g/mol. The summed E-state index contributed by atoms with van der Waals surface area (Å²) < 4.78 is 4.18. The molecule has 0 spiro atoms. The van der Waals surface area contributed by atoms with Crippen LogP contribution in [0.25, 0.3) is 11.0 Å². The molecule has 0 aliphatic carbocycles. The minimum atomic E-state index is 0.601. The first kappa shape index (κ1) is 11.8. The highest BCUT2D eigenvalue weighted by Gasteiger charge is 2.06. The van der Waals surface area contributed by atoms with Crippen molar-refractivity contribution in [1.29, 1.82) is 0 Å². The third-order valence-electron chi connectivity index (χ3n) is 3.29. The topological polar surface area (TPSA) is 61.7 Å². The highest BCUT2D eigenvalue weighted by atomic mass is 15.1. The first-order chi connectivity index (χ1) is 9.34. The van der Waals surface area contributed by atoms with E-state index in [0.29, 0.717) is 5.95 Å². The van der Waals surface area contributed by atoms with Crippen molar-refractivity contribution < 1.29 is 0 Å². The van der Waals surface area contributed by atoms with E-state index in [0.717, 1.165) is 37.0 Å². The van der Waals surface area contributed by atoms with Crippen LogP contribution >= 0.6 is 0 Å². The molecule has 1 aromatic carbocycles. The van der Waals surface area contributed by atoms with E-state index >= 15 is 0 Å². The van der Waals surface area contributed by atoms with Crippen molar-refractivity contribution in [2.45, 2.75) is 25.9 Å². The number of imidazole rings is 2. The Bertz CT molecular complexity index is 654. The Labute approximate surface area is 111 Å². The molecule has 0 unspecified atom stereocenters. The van der Waals surface area contributed by atoms with Crippen molar-refractivity contribution in [2.75, 3.05) is 5.73 Å². The van der Waals surface area contributed by atoms with Crippen molar-refractivity contribution in [1.82, 2.24) is 19.1 Å². The molecule has 0 saturated heterocycles. The Kier molecular flexibility index (Phi) is 3.18. The molecule has 2 aromatic heterocycles. The van der Waals surface area contributed by atoms with Crippen molar-refractivity contribution in [3.8, 4) is 0 Å². The predicted octanol–water partition coefficient (Wildman–Crippen LogP) is 2.30. The second-order valence-electron chi connectivity index (χ2n) is 4.62. The molecule has 0 radical (unpaired) electrons. The zero-order chi connectivity index (χ0) is 13.1. The third-order valence-corrected chi connectivity index (χ3v) is 3.29. The van der Waals surface area contributed by atoms with Crippen LogP contribution in [0.2, 0.25) is 0 Å². The maximum absolute atomic E-state index is 5.97. The SMILES string of the molecule is Nc1nc2ccccc2n1CCCCn1ccnc1. The summed E-state index contributed by atoms with van der Waals surface area (Å²) in [7, 11) is 0. The number of nitrogens with zero attached hydrogens (tertiary/aromatic N) is 4. The van der Waals surface area contributed by atoms with E-state index in [1.165, 1.54) is 0 Å². The largest absolute Gasteiger partial charge is 0.369 e. The van der Waals surface area contributed by atoms with E-state index in [4.69, 9.17) is 5.73 Å². The molecule has 0 bridgehead atoms. The van der Waals surface area contributed by atoms with Gasteiger partial charge in [0.05, 0.1) is 17.4 Å². The first-order valence-corrected chi connectivity index (χ1v) is 6.51. The molecule has 3 aromatic rings. The number of benzene rings is 1. The van der Waals surface area contributed by atoms with E-state index in [1.807, 2.05) is 30.7 Å². The van der Waals surface area contributed by atoms with E-state index < -0.39 is 0 Å². The molecular weight excluding hydrogens is 238 g/mol. The van der Waals surface area contributed by atoms with Gasteiger partial charge < -0.3 is 14.9 Å². The van der Waals surface area contributed by atoms with E-state index in [1.54, 1.807) is 6.20 Å². The molecule has 0 atom stereocenters. The molecule has 3 rings (SSSR count). The van der Waals surface area contributed by atoms with Gasteiger partial charge in [0.2, 0.25) is 5.95 Å². The van der Waals surface area contributed by atoms with Crippen LogP contribution in [0.3, 0.4) is 0 Å². The number of anilines is 1. The third kappa shape index (κ3) is 2.45. The van der Waals surface area contributed by atoms with Crippen LogP contribution in [0.1, 0.15) is 12.8 Å². The number of nitrogens with two attached hydrogens (primary N) is 1. The molecule has 5 heteroatoms. The Morgan fingerprint density at radius 1 is 1.11 bits per heavy atom. The molecule has 0 fully saturated rings. The summed E-state index contributed by atoms with van der Waals surface area (Å²) >= 11 is 0. The second-order valence-corrected chi connectivity index (χ2v) is 4.62. The van der Waals surface area contributed by atoms with Crippen molar-refractivity contribution in [3.05, 3.63) is 43.0 Å². The summed E-state index contributed by atoms with van der Waals surface area (Å²) in [6, 6.07) is 8.06. The molecule has 5 nitrogen and oxygen atoms in total. The zero-order valence-corrected chi connectivity index (χ0v) is 10.7. The van der Waals surface area contributed by atoms with Gasteiger partial charge >= 0.3 is 0 Å². The molecule has 0 saturated carbocycles. The lowest BCUT2D eigenvalue weighted by atomic mass is 10.3. The quantitative estimate of drug-likeness (QED) is 0.711. The Morgan fingerprint density at radius 2 is 1.95 bits per heavy atom. The second kappa shape index (κ2) is 5.14. The predicted molar refractivity (Wildman–Crippen MR) is 75.6 cm³/mol. The van der Waals surface area contributed by atoms with Gasteiger partial charge in [0.1, 0.15) is 0 Å². The molecule has 0 aliphatic rings. The summed E-state index contributed by atoms with van der Waals surface area (Å²) in [6.07, 6.45) is 7.81. The fraction of sp³-hybridized carbons (Fsp3) is 0.286. The maximum atomic E-state index is 5.97. The fourth-order valence-corrected chi connectivity index (χ4v) is 2.31. The van der Waals surface area contributed by atoms with E-state index in [-0.39, 0.29) is 0 Å². The molecular formula is C14H17N5. The van der Waals surface area contributed by atoms with Gasteiger partial charge in [-0.05, 0) is 25.0 Å². The Hall–Kier alpha value is -2.30. The number of hydrogen-bond acceptors (Lipinski definition) is 3. The normalized spacial score (nSPS) is 11.2. The number of aromatic nitrogens is 4. The highest BCUT2D eigenvalue weighted by molar-refractivity contribution is 5.78. The molecule has 98 valence electrons. The van der Waals surface area contributed by atoms with Crippen molar-refractivity contribution in [2.24, 2.45) is 0 Å². The number of nitrogen functional groups attached to an aromatic ring is 1. The smallest absolute Gasteiger partial charge is 0.201 e. The zero-order valence-electron chi connectivity index (χ0n) is 10.7. The van der Waals surface area contributed by atoms with Gasteiger partial charge in [0.15, 0.2) is 0 Å². The molecule has 0 aliphatic heterocycles. The van der Waals surface area contributed by atoms with Gasteiger partial charge in [-0.2, -0.15) is 0 Å². The standard InChI is InChI=1S/C14H17N5/c15-14-17-12-5-1-2-6-13(12)19(14)9-4-3-8-18-10-7-16-11-18/h1-2,5-7,10-11H,3-4,8-9H2,(H2,15,17). The van der Waals surface area contributed by atoms with Crippen molar-refractivity contribution >= 4 is 17.0 Å². The summed E-state index contributed by atoms with van der Waals surface area (Å²) in [5, 5.41) is 0. The van der Waals surface area contributed by atoms with Gasteiger partial charge in [-0.1, -0.05) is 12.1 Å². The molecule has 0 amide bonds. The first-order valence-electron chi connectivity index (χ1n) is 6.51. The lowest BCUT2D eigenvalue weighted by molar-refractivity contribution is 0.562. The summed E-state index contributed by atoms with van der Waals surface area (Å²) in [5.74, 6) is 0.601. The molecule has 19 heavy (non-hydrogen) atoms. The fourth-order valence-electron chi connectivity index (χ4n) is 2.31. The summed E-state index contributed by atoms with van der Waals surface area (Å²) in [6.45, 7) is 1.90. The van der Waals surface area contributed by atoms with Crippen LogP contribution in [-0.4, -0.2) is 19.1 Å². The summed E-state index contributed by atoms with van der Waals surface area (Å²) in [4.78, 5) is 8.40. The minimum Gasteiger partial charge on any atom is -0.369 e. The lowest BCUT2D eigenvalue weighted by Crippen LogP contribution is -2.04. The number of rotatable bonds is 5. The van der Waals surface area contributed by atoms with Gasteiger partial charge in [-0.3, -0.25) is 0 Å². The number of hydrogen-bond donors (Lipinski definition) is 1. The van der Waals surface area contributed by atoms with Crippen LogP contribution in [0.4, 0.5) is 5.95 Å². The number of fused-ring (bicyclic) bond motifs is 1. The Morgan fingerprint density at radius 3 is 2.79 bits per heavy atom. The minimum absolute atomic E-state index is 0.601. The monoisotopic (exact) mass is 255 g/mol. The van der Waals surface area contributed by atoms with Gasteiger partial charge in [0.25, 0.3) is 0 Å². The molecule has 2 heterocycles. The van der Waals surface area contributed by atoms with Crippen LogP contribution in [-0.2, 0) is 13.1 Å². The van der Waals surface area contributed by atoms with Gasteiger partial charge in [0, 0.05) is 25.5 Å². The average Bonchev–Trinajstić information content (AvgIpc) is 3.02. The molecule has 2 N–H and O–H groups in total. The number of unbranched alkanes of at least 4 members (excludes halogenated alkanes) is 1. The highest BCUT2D eigenvalue weighted by Crippen LogP contribution is 2.18.